The standard InChI is InChI=1S/C11H14N4O2S/c1-8(16)10-6-15(14-13-10)7-11(17)12-5-9-3-2-4-18-9/h2-4,6,8,16H,5,7H2,1H3,(H,12,17). The first-order valence-corrected chi connectivity index (χ1v) is 6.40. The van der Waals surface area contributed by atoms with Gasteiger partial charge in [-0.05, 0) is 18.4 Å². The number of nitrogens with zero attached hydrogens (tertiary/aromatic N) is 3. The first kappa shape index (κ1) is 12.7. The highest BCUT2D eigenvalue weighted by Crippen LogP contribution is 2.08. The average molecular weight is 266 g/mol. The number of carbonyl (C=O) groups is 1. The topological polar surface area (TPSA) is 80.0 Å². The van der Waals surface area contributed by atoms with Crippen LogP contribution in [0.2, 0.25) is 0 Å². The lowest BCUT2D eigenvalue weighted by molar-refractivity contribution is -0.122. The summed E-state index contributed by atoms with van der Waals surface area (Å²) in [7, 11) is 0. The Kier molecular flexibility index (Phi) is 4.06. The number of aliphatic hydroxyl groups excluding tert-OH is 1. The van der Waals surface area contributed by atoms with Crippen molar-refractivity contribution in [1.29, 1.82) is 0 Å². The van der Waals surface area contributed by atoms with Gasteiger partial charge in [-0.25, -0.2) is 4.68 Å². The highest BCUT2D eigenvalue weighted by molar-refractivity contribution is 7.09. The van der Waals surface area contributed by atoms with E-state index in [1.165, 1.54) is 4.68 Å². The molecule has 0 bridgehead atoms. The van der Waals surface area contributed by atoms with Crippen molar-refractivity contribution in [2.75, 3.05) is 0 Å². The van der Waals surface area contributed by atoms with Crippen molar-refractivity contribution in [1.82, 2.24) is 20.3 Å². The van der Waals surface area contributed by atoms with Gasteiger partial charge >= 0.3 is 0 Å². The van der Waals surface area contributed by atoms with Crippen LogP contribution in [0.15, 0.2) is 23.7 Å². The summed E-state index contributed by atoms with van der Waals surface area (Å²) >= 11 is 1.60. The van der Waals surface area contributed by atoms with Gasteiger partial charge in [-0.15, -0.1) is 16.4 Å². The molecule has 0 saturated heterocycles. The Hall–Kier alpha value is -1.73. The number of carbonyl (C=O) groups excluding carboxylic acids is 1. The van der Waals surface area contributed by atoms with Crippen molar-refractivity contribution in [3.05, 3.63) is 34.3 Å². The van der Waals surface area contributed by atoms with E-state index in [2.05, 4.69) is 15.6 Å². The minimum absolute atomic E-state index is 0.102. The lowest BCUT2D eigenvalue weighted by Crippen LogP contribution is -2.27. The number of thiophene rings is 1. The number of rotatable bonds is 5. The van der Waals surface area contributed by atoms with Crippen LogP contribution in [-0.4, -0.2) is 26.0 Å². The molecule has 0 aliphatic rings. The zero-order valence-electron chi connectivity index (χ0n) is 9.91. The number of aliphatic hydroxyl groups is 1. The van der Waals surface area contributed by atoms with Gasteiger partial charge < -0.3 is 10.4 Å². The number of amides is 1. The van der Waals surface area contributed by atoms with Gasteiger partial charge in [0, 0.05) is 4.88 Å². The molecule has 0 aliphatic carbocycles. The second-order valence-electron chi connectivity index (χ2n) is 3.87. The zero-order chi connectivity index (χ0) is 13.0. The second kappa shape index (κ2) is 5.74. The first-order valence-electron chi connectivity index (χ1n) is 5.52. The van der Waals surface area contributed by atoms with Gasteiger partial charge in [-0.3, -0.25) is 4.79 Å². The molecule has 7 heteroatoms. The van der Waals surface area contributed by atoms with Crippen LogP contribution in [0.4, 0.5) is 0 Å². The molecule has 0 fully saturated rings. The number of hydrogen-bond donors (Lipinski definition) is 2. The maximum absolute atomic E-state index is 11.6. The number of aromatic nitrogens is 3. The van der Waals surface area contributed by atoms with Crippen molar-refractivity contribution in [3.8, 4) is 0 Å². The van der Waals surface area contributed by atoms with Crippen LogP contribution < -0.4 is 5.32 Å². The Morgan fingerprint density at radius 3 is 3.11 bits per heavy atom. The van der Waals surface area contributed by atoms with E-state index in [1.807, 2.05) is 17.5 Å². The average Bonchev–Trinajstić information content (AvgIpc) is 2.96. The molecule has 0 spiro atoms. The van der Waals surface area contributed by atoms with Crippen LogP contribution in [0.1, 0.15) is 23.6 Å². The SMILES string of the molecule is CC(O)c1cn(CC(=O)NCc2cccs2)nn1. The Labute approximate surface area is 108 Å². The Balaban J connectivity index is 1.83. The molecule has 2 aromatic rings. The fraction of sp³-hybridized carbons (Fsp3) is 0.364. The predicted molar refractivity (Wildman–Crippen MR) is 66.8 cm³/mol. The molecule has 1 atom stereocenters. The lowest BCUT2D eigenvalue weighted by Gasteiger charge is -2.03. The molecule has 1 amide bonds. The molecule has 0 saturated carbocycles. The first-order chi connectivity index (χ1) is 8.65. The predicted octanol–water partition coefficient (Wildman–Crippen LogP) is 0.709. The van der Waals surface area contributed by atoms with Crippen molar-refractivity contribution in [3.63, 3.8) is 0 Å². The number of nitrogens with one attached hydrogen (secondary N) is 1. The number of hydrogen-bond acceptors (Lipinski definition) is 5. The summed E-state index contributed by atoms with van der Waals surface area (Å²) in [6.07, 6.45) is 0.892. The van der Waals surface area contributed by atoms with E-state index in [1.54, 1.807) is 24.5 Å². The third-order valence-corrected chi connectivity index (χ3v) is 3.21. The maximum Gasteiger partial charge on any atom is 0.242 e. The van der Waals surface area contributed by atoms with Gasteiger partial charge in [0.15, 0.2) is 0 Å². The maximum atomic E-state index is 11.6. The third-order valence-electron chi connectivity index (χ3n) is 2.33. The third kappa shape index (κ3) is 3.38. The highest BCUT2D eigenvalue weighted by Gasteiger charge is 2.09. The minimum atomic E-state index is -0.673. The molecule has 6 nitrogen and oxygen atoms in total. The summed E-state index contributed by atoms with van der Waals surface area (Å²) in [6.45, 7) is 2.23. The molecule has 2 aromatic heterocycles. The van der Waals surface area contributed by atoms with Crippen LogP contribution in [-0.2, 0) is 17.9 Å². The van der Waals surface area contributed by atoms with Crippen molar-refractivity contribution in [2.24, 2.45) is 0 Å². The van der Waals surface area contributed by atoms with E-state index in [4.69, 9.17) is 0 Å². The van der Waals surface area contributed by atoms with Crippen molar-refractivity contribution < 1.29 is 9.90 Å². The molecule has 96 valence electrons. The molecule has 2 heterocycles. The van der Waals surface area contributed by atoms with Gasteiger partial charge in [-0.2, -0.15) is 0 Å². The fourth-order valence-electron chi connectivity index (χ4n) is 1.38. The van der Waals surface area contributed by atoms with Crippen molar-refractivity contribution in [2.45, 2.75) is 26.1 Å². The van der Waals surface area contributed by atoms with Gasteiger partial charge in [0.1, 0.15) is 12.2 Å². The Morgan fingerprint density at radius 1 is 1.67 bits per heavy atom. The molecule has 1 unspecified atom stereocenters. The normalized spacial score (nSPS) is 12.3. The van der Waals surface area contributed by atoms with E-state index >= 15 is 0 Å². The van der Waals surface area contributed by atoms with E-state index in [-0.39, 0.29) is 12.5 Å². The lowest BCUT2D eigenvalue weighted by atomic mass is 10.3. The fourth-order valence-corrected chi connectivity index (χ4v) is 2.03. The Morgan fingerprint density at radius 2 is 2.50 bits per heavy atom. The van der Waals surface area contributed by atoms with Gasteiger partial charge in [0.2, 0.25) is 5.91 Å². The van der Waals surface area contributed by atoms with Gasteiger partial charge in [0.25, 0.3) is 0 Å². The summed E-state index contributed by atoms with van der Waals surface area (Å²) in [5.74, 6) is -0.134. The van der Waals surface area contributed by atoms with Gasteiger partial charge in [0.05, 0.1) is 18.8 Å². The molecular formula is C11H14N4O2S. The van der Waals surface area contributed by atoms with E-state index in [0.717, 1.165) is 4.88 Å². The summed E-state index contributed by atoms with van der Waals surface area (Å²) in [6, 6.07) is 3.91. The van der Waals surface area contributed by atoms with E-state index < -0.39 is 6.10 Å². The monoisotopic (exact) mass is 266 g/mol. The van der Waals surface area contributed by atoms with E-state index in [9.17, 15) is 9.90 Å². The molecule has 18 heavy (non-hydrogen) atoms. The summed E-state index contributed by atoms with van der Waals surface area (Å²) < 4.78 is 1.41. The zero-order valence-corrected chi connectivity index (χ0v) is 10.7. The minimum Gasteiger partial charge on any atom is -0.387 e. The van der Waals surface area contributed by atoms with Crippen LogP contribution in [0, 0.1) is 0 Å². The van der Waals surface area contributed by atoms with E-state index in [0.29, 0.717) is 12.2 Å². The summed E-state index contributed by atoms with van der Waals surface area (Å²) in [5, 5.41) is 21.6. The molecule has 2 N–H and O–H groups in total. The Bertz CT molecular complexity index is 507. The smallest absolute Gasteiger partial charge is 0.242 e. The summed E-state index contributed by atoms with van der Waals surface area (Å²) in [4.78, 5) is 12.7. The van der Waals surface area contributed by atoms with Gasteiger partial charge in [-0.1, -0.05) is 11.3 Å². The van der Waals surface area contributed by atoms with Crippen LogP contribution in [0.25, 0.3) is 0 Å². The quantitative estimate of drug-likeness (QED) is 0.835. The molecule has 0 aromatic carbocycles. The molecular weight excluding hydrogens is 252 g/mol. The second-order valence-corrected chi connectivity index (χ2v) is 4.91. The van der Waals surface area contributed by atoms with Crippen molar-refractivity contribution >= 4 is 17.2 Å². The summed E-state index contributed by atoms with van der Waals surface area (Å²) in [5.41, 5.74) is 0.459. The van der Waals surface area contributed by atoms with Crippen LogP contribution in [0.3, 0.4) is 0 Å². The van der Waals surface area contributed by atoms with Crippen LogP contribution >= 0.6 is 11.3 Å². The largest absolute Gasteiger partial charge is 0.387 e. The molecule has 0 radical (unpaired) electrons. The molecule has 0 aliphatic heterocycles. The van der Waals surface area contributed by atoms with Crippen LogP contribution in [0.5, 0.6) is 0 Å². The molecule has 2 rings (SSSR count). The highest BCUT2D eigenvalue weighted by atomic mass is 32.1.